The maximum absolute atomic E-state index is 5.82. The number of halogens is 1. The van der Waals surface area contributed by atoms with Gasteiger partial charge in [-0.3, -0.25) is 0 Å². The molecule has 0 saturated heterocycles. The van der Waals surface area contributed by atoms with E-state index in [0.29, 0.717) is 6.61 Å². The number of ether oxygens (including phenoxy) is 1. The highest BCUT2D eigenvalue weighted by Crippen LogP contribution is 2.11. The maximum atomic E-state index is 5.82. The van der Waals surface area contributed by atoms with Crippen molar-refractivity contribution in [3.63, 3.8) is 0 Å². The molecule has 2 nitrogen and oxygen atoms in total. The van der Waals surface area contributed by atoms with Gasteiger partial charge >= 0.3 is 0 Å². The third-order valence-corrected chi connectivity index (χ3v) is 2.62. The van der Waals surface area contributed by atoms with E-state index in [4.69, 9.17) is 16.3 Å². The SMILES string of the molecule is CC(CNC(C)(C)C)OCc1ccc(Cl)cc1. The quantitative estimate of drug-likeness (QED) is 0.868. The van der Waals surface area contributed by atoms with E-state index in [-0.39, 0.29) is 11.6 Å². The smallest absolute Gasteiger partial charge is 0.0721 e. The normalized spacial score (nSPS) is 13.7. The van der Waals surface area contributed by atoms with Crippen LogP contribution in [0.4, 0.5) is 0 Å². The molecule has 0 aliphatic rings. The molecule has 1 rings (SSSR count). The van der Waals surface area contributed by atoms with E-state index in [9.17, 15) is 0 Å². The summed E-state index contributed by atoms with van der Waals surface area (Å²) in [5.74, 6) is 0. The van der Waals surface area contributed by atoms with Crippen LogP contribution in [-0.4, -0.2) is 18.2 Å². The van der Waals surface area contributed by atoms with Crippen molar-refractivity contribution in [1.82, 2.24) is 5.32 Å². The third-order valence-electron chi connectivity index (χ3n) is 2.37. The Bertz CT molecular complexity index is 329. The van der Waals surface area contributed by atoms with Crippen LogP contribution in [0.5, 0.6) is 0 Å². The molecule has 0 amide bonds. The fourth-order valence-corrected chi connectivity index (χ4v) is 1.45. The minimum Gasteiger partial charge on any atom is -0.373 e. The molecule has 0 saturated carbocycles. The summed E-state index contributed by atoms with van der Waals surface area (Å²) in [6.07, 6.45) is 0.199. The van der Waals surface area contributed by atoms with Crippen molar-refractivity contribution in [2.45, 2.75) is 45.9 Å². The number of rotatable bonds is 5. The average Bonchev–Trinajstić information content (AvgIpc) is 2.25. The molecule has 0 aliphatic carbocycles. The van der Waals surface area contributed by atoms with E-state index in [1.54, 1.807) is 0 Å². The zero-order valence-corrected chi connectivity index (χ0v) is 11.8. The molecule has 0 fully saturated rings. The van der Waals surface area contributed by atoms with Gasteiger partial charge in [-0.1, -0.05) is 23.7 Å². The molecule has 1 aromatic rings. The van der Waals surface area contributed by atoms with E-state index in [0.717, 1.165) is 17.1 Å². The van der Waals surface area contributed by atoms with Gasteiger partial charge in [-0.05, 0) is 45.4 Å². The van der Waals surface area contributed by atoms with Crippen molar-refractivity contribution in [3.8, 4) is 0 Å². The molecule has 1 atom stereocenters. The van der Waals surface area contributed by atoms with Gasteiger partial charge in [0, 0.05) is 17.1 Å². The van der Waals surface area contributed by atoms with Crippen molar-refractivity contribution in [1.29, 1.82) is 0 Å². The van der Waals surface area contributed by atoms with Crippen molar-refractivity contribution in [2.75, 3.05) is 6.54 Å². The van der Waals surface area contributed by atoms with E-state index >= 15 is 0 Å². The molecule has 0 radical (unpaired) electrons. The zero-order valence-electron chi connectivity index (χ0n) is 11.1. The highest BCUT2D eigenvalue weighted by Gasteiger charge is 2.11. The standard InChI is InChI=1S/C14H22ClNO/c1-11(9-16-14(2,3)4)17-10-12-5-7-13(15)8-6-12/h5-8,11,16H,9-10H2,1-4H3. The molecule has 0 heterocycles. The lowest BCUT2D eigenvalue weighted by Gasteiger charge is -2.23. The molecule has 1 aromatic carbocycles. The predicted molar refractivity (Wildman–Crippen MR) is 73.5 cm³/mol. The van der Waals surface area contributed by atoms with Crippen LogP contribution in [0.25, 0.3) is 0 Å². The second kappa shape index (κ2) is 6.39. The minimum atomic E-state index is 0.137. The zero-order chi connectivity index (χ0) is 12.9. The van der Waals surface area contributed by atoms with Gasteiger partial charge in [-0.25, -0.2) is 0 Å². The van der Waals surface area contributed by atoms with E-state index in [1.807, 2.05) is 24.3 Å². The van der Waals surface area contributed by atoms with Crippen LogP contribution in [0.1, 0.15) is 33.3 Å². The first kappa shape index (κ1) is 14.5. The van der Waals surface area contributed by atoms with Crippen LogP contribution in [0, 0.1) is 0 Å². The van der Waals surface area contributed by atoms with Crippen LogP contribution in [0.15, 0.2) is 24.3 Å². The fraction of sp³-hybridized carbons (Fsp3) is 0.571. The second-order valence-electron chi connectivity index (χ2n) is 5.38. The van der Waals surface area contributed by atoms with Gasteiger partial charge < -0.3 is 10.1 Å². The second-order valence-corrected chi connectivity index (χ2v) is 5.82. The van der Waals surface area contributed by atoms with Gasteiger partial charge in [0.15, 0.2) is 0 Å². The van der Waals surface area contributed by atoms with Crippen molar-refractivity contribution >= 4 is 11.6 Å². The molecule has 1 N–H and O–H groups in total. The van der Waals surface area contributed by atoms with Crippen LogP contribution < -0.4 is 5.32 Å². The Hall–Kier alpha value is -0.570. The summed E-state index contributed by atoms with van der Waals surface area (Å²) < 4.78 is 5.76. The molecule has 3 heteroatoms. The molecule has 0 aliphatic heterocycles. The molecule has 0 spiro atoms. The molecular formula is C14H22ClNO. The summed E-state index contributed by atoms with van der Waals surface area (Å²) in [7, 11) is 0. The summed E-state index contributed by atoms with van der Waals surface area (Å²) >= 11 is 5.82. The van der Waals surface area contributed by atoms with Gasteiger partial charge in [-0.2, -0.15) is 0 Å². The maximum Gasteiger partial charge on any atom is 0.0721 e. The van der Waals surface area contributed by atoms with Gasteiger partial charge in [0.05, 0.1) is 12.7 Å². The summed E-state index contributed by atoms with van der Waals surface area (Å²) in [5.41, 5.74) is 1.29. The summed E-state index contributed by atoms with van der Waals surface area (Å²) in [6.45, 7) is 10.0. The first-order valence-electron chi connectivity index (χ1n) is 5.98. The Balaban J connectivity index is 2.28. The van der Waals surface area contributed by atoms with E-state index < -0.39 is 0 Å². The predicted octanol–water partition coefficient (Wildman–Crippen LogP) is 3.63. The fourth-order valence-electron chi connectivity index (χ4n) is 1.33. The lowest BCUT2D eigenvalue weighted by molar-refractivity contribution is 0.0492. The van der Waals surface area contributed by atoms with Gasteiger partial charge in [0.1, 0.15) is 0 Å². The number of benzene rings is 1. The van der Waals surface area contributed by atoms with E-state index in [1.165, 1.54) is 0 Å². The summed E-state index contributed by atoms with van der Waals surface area (Å²) in [4.78, 5) is 0. The van der Waals surface area contributed by atoms with Gasteiger partial charge in [0.2, 0.25) is 0 Å². The molecule has 1 unspecified atom stereocenters. The molecule has 96 valence electrons. The Kier molecular flexibility index (Phi) is 5.44. The van der Waals surface area contributed by atoms with Crippen LogP contribution in [0.2, 0.25) is 5.02 Å². The highest BCUT2D eigenvalue weighted by atomic mass is 35.5. The minimum absolute atomic E-state index is 0.137. The van der Waals surface area contributed by atoms with Crippen molar-refractivity contribution < 1.29 is 4.74 Å². The Morgan fingerprint density at radius 3 is 2.35 bits per heavy atom. The highest BCUT2D eigenvalue weighted by molar-refractivity contribution is 6.30. The number of hydrogen-bond acceptors (Lipinski definition) is 2. The molecule has 0 bridgehead atoms. The molecular weight excluding hydrogens is 234 g/mol. The Labute approximate surface area is 109 Å². The number of nitrogens with one attached hydrogen (secondary N) is 1. The van der Waals surface area contributed by atoms with Crippen LogP contribution >= 0.6 is 11.6 Å². The van der Waals surface area contributed by atoms with E-state index in [2.05, 4.69) is 33.0 Å². The molecule has 17 heavy (non-hydrogen) atoms. The first-order valence-corrected chi connectivity index (χ1v) is 6.36. The first-order chi connectivity index (χ1) is 7.87. The summed E-state index contributed by atoms with van der Waals surface area (Å²) in [5, 5.41) is 4.18. The average molecular weight is 256 g/mol. The van der Waals surface area contributed by atoms with Crippen molar-refractivity contribution in [2.24, 2.45) is 0 Å². The Morgan fingerprint density at radius 2 is 1.82 bits per heavy atom. The largest absolute Gasteiger partial charge is 0.373 e. The lowest BCUT2D eigenvalue weighted by atomic mass is 10.1. The lowest BCUT2D eigenvalue weighted by Crippen LogP contribution is -2.40. The molecule has 0 aromatic heterocycles. The van der Waals surface area contributed by atoms with Gasteiger partial charge in [0.25, 0.3) is 0 Å². The Morgan fingerprint density at radius 1 is 1.24 bits per heavy atom. The topological polar surface area (TPSA) is 21.3 Å². The summed E-state index contributed by atoms with van der Waals surface area (Å²) in [6, 6.07) is 7.76. The third kappa shape index (κ3) is 6.67. The van der Waals surface area contributed by atoms with Crippen LogP contribution in [-0.2, 0) is 11.3 Å². The van der Waals surface area contributed by atoms with Crippen molar-refractivity contribution in [3.05, 3.63) is 34.9 Å². The van der Waals surface area contributed by atoms with Gasteiger partial charge in [-0.15, -0.1) is 0 Å². The monoisotopic (exact) mass is 255 g/mol. The van der Waals surface area contributed by atoms with Crippen LogP contribution in [0.3, 0.4) is 0 Å². The number of hydrogen-bond donors (Lipinski definition) is 1.